The third kappa shape index (κ3) is 4.44. The Morgan fingerprint density at radius 3 is 2.21 bits per heavy atom. The second kappa shape index (κ2) is 9.24. The van der Waals surface area contributed by atoms with Crippen LogP contribution in [0.2, 0.25) is 5.02 Å². The summed E-state index contributed by atoms with van der Waals surface area (Å²) >= 11 is 6.22. The monoisotopic (exact) mass is 457 g/mol. The molecule has 5 rings (SSSR count). The van der Waals surface area contributed by atoms with Crippen molar-refractivity contribution in [3.8, 4) is 22.6 Å². The van der Waals surface area contributed by atoms with Gasteiger partial charge in [-0.3, -0.25) is 9.59 Å². The first-order chi connectivity index (χ1) is 16.1. The van der Waals surface area contributed by atoms with Crippen molar-refractivity contribution in [3.63, 3.8) is 0 Å². The van der Waals surface area contributed by atoms with Crippen LogP contribution >= 0.6 is 11.6 Å². The molecular weight excluding hydrogens is 434 g/mol. The van der Waals surface area contributed by atoms with Crippen molar-refractivity contribution in [2.24, 2.45) is 5.92 Å². The van der Waals surface area contributed by atoms with Crippen molar-refractivity contribution in [1.29, 1.82) is 0 Å². The number of hydrogen-bond donors (Lipinski definition) is 0. The molecule has 0 aromatic heterocycles. The quantitative estimate of drug-likeness (QED) is 0.340. The van der Waals surface area contributed by atoms with E-state index in [-0.39, 0.29) is 0 Å². The molecule has 1 aliphatic heterocycles. The van der Waals surface area contributed by atoms with Crippen LogP contribution in [0, 0.1) is 5.92 Å². The Balaban J connectivity index is 1.39. The lowest BCUT2D eigenvalue weighted by molar-refractivity contribution is 0.403. The molecule has 33 heavy (non-hydrogen) atoms. The van der Waals surface area contributed by atoms with E-state index >= 15 is 0 Å². The molecule has 4 nitrogen and oxygen atoms in total. The molecule has 0 unspecified atom stereocenters. The third-order valence-corrected chi connectivity index (χ3v) is 6.60. The van der Waals surface area contributed by atoms with E-state index in [2.05, 4.69) is 29.2 Å². The lowest BCUT2D eigenvalue weighted by Crippen LogP contribution is -2.45. The van der Waals surface area contributed by atoms with Crippen molar-refractivity contribution in [1.82, 2.24) is 0 Å². The van der Waals surface area contributed by atoms with Crippen LogP contribution in [-0.2, 0) is 6.42 Å². The van der Waals surface area contributed by atoms with Crippen LogP contribution in [0.4, 0.5) is 5.69 Å². The number of benzene rings is 3. The zero-order valence-electron chi connectivity index (χ0n) is 18.2. The number of halogens is 1. The largest absolute Gasteiger partial charge is 0.457 e. The van der Waals surface area contributed by atoms with Crippen molar-refractivity contribution >= 4 is 17.3 Å². The molecule has 166 valence electrons. The van der Waals surface area contributed by atoms with E-state index in [1.54, 1.807) is 18.2 Å². The summed E-state index contributed by atoms with van der Waals surface area (Å²) in [7, 11) is 0. The number of ether oxygens (including phenoxy) is 1. The Morgan fingerprint density at radius 1 is 0.848 bits per heavy atom. The van der Waals surface area contributed by atoms with E-state index in [4.69, 9.17) is 16.3 Å². The van der Waals surface area contributed by atoms with Crippen molar-refractivity contribution in [3.05, 3.63) is 110 Å². The van der Waals surface area contributed by atoms with Crippen molar-refractivity contribution < 1.29 is 4.74 Å². The first-order valence-electron chi connectivity index (χ1n) is 11.2. The minimum atomic E-state index is -0.461. The Morgan fingerprint density at radius 2 is 1.52 bits per heavy atom. The molecule has 0 aliphatic carbocycles. The highest BCUT2D eigenvalue weighted by Gasteiger charge is 2.31. The number of anilines is 1. The van der Waals surface area contributed by atoms with Gasteiger partial charge in [-0.2, -0.15) is 0 Å². The molecule has 1 heterocycles. The first-order valence-corrected chi connectivity index (χ1v) is 11.6. The van der Waals surface area contributed by atoms with Crippen molar-refractivity contribution in [2.75, 3.05) is 18.0 Å². The van der Waals surface area contributed by atoms with Gasteiger partial charge in [-0.25, -0.2) is 0 Å². The van der Waals surface area contributed by atoms with Crippen molar-refractivity contribution in [2.45, 2.75) is 19.3 Å². The number of rotatable bonds is 6. The number of hydrogen-bond acceptors (Lipinski definition) is 4. The van der Waals surface area contributed by atoms with Gasteiger partial charge in [0.25, 0.3) is 0 Å². The summed E-state index contributed by atoms with van der Waals surface area (Å²) < 4.78 is 6.05. The van der Waals surface area contributed by atoms with Gasteiger partial charge in [0.05, 0.1) is 5.56 Å². The van der Waals surface area contributed by atoms with E-state index in [1.165, 1.54) is 5.56 Å². The minimum absolute atomic E-state index is 0.410. The number of para-hydroxylation sites is 1. The molecule has 4 aromatic carbocycles. The van der Waals surface area contributed by atoms with E-state index in [0.717, 1.165) is 32.4 Å². The van der Waals surface area contributed by atoms with Gasteiger partial charge in [0, 0.05) is 29.7 Å². The van der Waals surface area contributed by atoms with Gasteiger partial charge in [-0.05, 0) is 55.0 Å². The van der Waals surface area contributed by atoms with Crippen LogP contribution in [-0.4, -0.2) is 13.1 Å². The summed E-state index contributed by atoms with van der Waals surface area (Å²) in [6.07, 6.45) is 3.02. The fourth-order valence-electron chi connectivity index (χ4n) is 4.64. The fourth-order valence-corrected chi connectivity index (χ4v) is 4.80. The molecule has 0 saturated carbocycles. The lowest BCUT2D eigenvalue weighted by atomic mass is 9.88. The summed E-state index contributed by atoms with van der Waals surface area (Å²) in [5.74, 6) is 1.69. The van der Waals surface area contributed by atoms with E-state index in [1.807, 2.05) is 36.4 Å². The van der Waals surface area contributed by atoms with E-state index in [9.17, 15) is 9.59 Å². The second-order valence-electron chi connectivity index (χ2n) is 8.56. The molecule has 0 N–H and O–H groups in total. The zero-order chi connectivity index (χ0) is 22.8. The molecule has 0 atom stereocenters. The summed E-state index contributed by atoms with van der Waals surface area (Å²) in [4.78, 5) is 27.4. The van der Waals surface area contributed by atoms with Crippen LogP contribution in [0.5, 0.6) is 11.5 Å². The maximum absolute atomic E-state index is 12.7. The average Bonchev–Trinajstić information content (AvgIpc) is 2.85. The van der Waals surface area contributed by atoms with Gasteiger partial charge >= 0.3 is 0 Å². The van der Waals surface area contributed by atoms with Crippen LogP contribution in [0.3, 0.4) is 0 Å². The summed E-state index contributed by atoms with van der Waals surface area (Å²) in [6.45, 7) is 1.52. The van der Waals surface area contributed by atoms with Gasteiger partial charge < -0.3 is 9.64 Å². The van der Waals surface area contributed by atoms with Crippen LogP contribution in [0.15, 0.2) is 88.5 Å². The highest BCUT2D eigenvalue weighted by Crippen LogP contribution is 2.39. The molecule has 1 fully saturated rings. The van der Waals surface area contributed by atoms with E-state index in [0.29, 0.717) is 39.3 Å². The molecule has 0 bridgehead atoms. The molecule has 4 aromatic rings. The number of nitrogens with zero attached hydrogens (tertiary/aromatic N) is 1. The van der Waals surface area contributed by atoms with Crippen LogP contribution in [0.25, 0.3) is 11.1 Å². The molecule has 0 radical (unpaired) electrons. The van der Waals surface area contributed by atoms with Gasteiger partial charge in [0.2, 0.25) is 10.9 Å². The Bertz CT molecular complexity index is 1320. The molecule has 0 amide bonds. The van der Waals surface area contributed by atoms with Gasteiger partial charge in [-0.15, -0.1) is 0 Å². The Kier molecular flexibility index (Phi) is 6.01. The third-order valence-electron chi connectivity index (χ3n) is 6.37. The molecule has 5 heteroatoms. The van der Waals surface area contributed by atoms with Crippen LogP contribution < -0.4 is 20.5 Å². The highest BCUT2D eigenvalue weighted by molar-refractivity contribution is 6.30. The predicted octanol–water partition coefficient (Wildman–Crippen LogP) is 5.85. The predicted molar refractivity (Wildman–Crippen MR) is 133 cm³/mol. The molecular formula is C28H24ClNO3. The lowest BCUT2D eigenvalue weighted by Gasteiger charge is -2.35. The zero-order valence-corrected chi connectivity index (χ0v) is 18.9. The molecule has 1 saturated heterocycles. The average molecular weight is 458 g/mol. The van der Waals surface area contributed by atoms with Gasteiger partial charge in [0.15, 0.2) is 0 Å². The summed E-state index contributed by atoms with van der Waals surface area (Å²) in [5, 5.41) is 0.506. The topological polar surface area (TPSA) is 46.6 Å². The molecule has 0 spiro atoms. The number of piperidine rings is 1. The molecule has 1 aliphatic rings. The maximum atomic E-state index is 12.7. The SMILES string of the molecule is O=c1c(-c2ccc(Cl)cc2Oc2ccccc2)c(N2CCC(Cc3ccccc3)CC2)c1=O. The Labute approximate surface area is 197 Å². The summed E-state index contributed by atoms with van der Waals surface area (Å²) in [6, 6.07) is 25.0. The first kappa shape index (κ1) is 21.5. The second-order valence-corrected chi connectivity index (χ2v) is 8.99. The standard InChI is InChI=1S/C28H24ClNO3/c29-21-11-12-23(24(18-21)33-22-9-5-2-6-10-22)25-26(28(32)27(25)31)30-15-13-20(14-16-30)17-19-7-3-1-4-8-19/h1-12,18,20H,13-17H2. The maximum Gasteiger partial charge on any atom is 0.250 e. The summed E-state index contributed by atoms with van der Waals surface area (Å²) in [5.41, 5.74) is 2.02. The van der Waals surface area contributed by atoms with Crippen LogP contribution in [0.1, 0.15) is 18.4 Å². The highest BCUT2D eigenvalue weighted by atomic mass is 35.5. The van der Waals surface area contributed by atoms with Gasteiger partial charge in [-0.1, -0.05) is 60.1 Å². The van der Waals surface area contributed by atoms with E-state index < -0.39 is 10.9 Å². The Hall–Kier alpha value is -3.37. The normalized spacial score (nSPS) is 14.5. The minimum Gasteiger partial charge on any atom is -0.457 e. The smallest absolute Gasteiger partial charge is 0.250 e. The fraction of sp³-hybridized carbons (Fsp3) is 0.214. The van der Waals surface area contributed by atoms with Gasteiger partial charge in [0.1, 0.15) is 17.2 Å².